The van der Waals surface area contributed by atoms with Gasteiger partial charge in [-0.3, -0.25) is 4.90 Å². The molecule has 4 aliphatic heterocycles. The molecular formula is C14H27N3O2S2. The average molecular weight is 334 g/mol. The Balaban J connectivity index is 1.51. The van der Waals surface area contributed by atoms with Crippen molar-refractivity contribution < 1.29 is 8.42 Å². The Kier molecular flexibility index (Phi) is 5.15. The Bertz CT molecular complexity index is 451. The molecule has 4 unspecified atom stereocenters. The molecule has 0 aromatic heterocycles. The van der Waals surface area contributed by atoms with Crippen LogP contribution in [0.3, 0.4) is 0 Å². The quantitative estimate of drug-likeness (QED) is 0.784. The summed E-state index contributed by atoms with van der Waals surface area (Å²) in [5.41, 5.74) is 0. The molecule has 0 radical (unpaired) electrons. The van der Waals surface area contributed by atoms with E-state index in [4.69, 9.17) is 0 Å². The van der Waals surface area contributed by atoms with E-state index in [1.54, 1.807) is 0 Å². The summed E-state index contributed by atoms with van der Waals surface area (Å²) in [7, 11) is -3.06. The normalized spacial score (nSPS) is 37.8. The van der Waals surface area contributed by atoms with Crippen LogP contribution < -0.4 is 4.72 Å². The highest BCUT2D eigenvalue weighted by molar-refractivity contribution is 7.99. The lowest BCUT2D eigenvalue weighted by molar-refractivity contribution is -0.00913. The van der Waals surface area contributed by atoms with Crippen LogP contribution in [0, 0.1) is 11.8 Å². The highest BCUT2D eigenvalue weighted by atomic mass is 32.2. The lowest BCUT2D eigenvalue weighted by Crippen LogP contribution is -2.58. The van der Waals surface area contributed by atoms with Gasteiger partial charge in [-0.05, 0) is 31.2 Å². The largest absolute Gasteiger partial charge is 0.301 e. The standard InChI is InChI=1S/C14H27N3O2S2/c1-21(18,19)15-9-14-8-12-2-3-17(14)11-13(12)10-16-4-6-20-7-5-16/h12-15H,2-11H2,1H3. The molecule has 0 aliphatic carbocycles. The van der Waals surface area contributed by atoms with Crippen LogP contribution in [0.1, 0.15) is 12.8 Å². The lowest BCUT2D eigenvalue weighted by atomic mass is 9.75. The van der Waals surface area contributed by atoms with Gasteiger partial charge >= 0.3 is 0 Å². The van der Waals surface area contributed by atoms with E-state index in [1.165, 1.54) is 43.8 Å². The summed E-state index contributed by atoms with van der Waals surface area (Å²) in [5.74, 6) is 4.14. The summed E-state index contributed by atoms with van der Waals surface area (Å²) >= 11 is 2.07. The van der Waals surface area contributed by atoms with Gasteiger partial charge in [-0.1, -0.05) is 0 Å². The maximum absolute atomic E-state index is 11.3. The van der Waals surface area contributed by atoms with Crippen LogP contribution >= 0.6 is 11.8 Å². The van der Waals surface area contributed by atoms with Crippen molar-refractivity contribution in [3.05, 3.63) is 0 Å². The van der Waals surface area contributed by atoms with E-state index in [0.29, 0.717) is 12.6 Å². The highest BCUT2D eigenvalue weighted by Gasteiger charge is 2.40. The summed E-state index contributed by atoms with van der Waals surface area (Å²) in [5, 5.41) is 0. The average Bonchev–Trinajstić information content (AvgIpc) is 2.46. The van der Waals surface area contributed by atoms with Crippen molar-refractivity contribution in [2.45, 2.75) is 18.9 Å². The van der Waals surface area contributed by atoms with Gasteiger partial charge in [0, 0.05) is 50.3 Å². The first-order chi connectivity index (χ1) is 10.0. The van der Waals surface area contributed by atoms with Gasteiger partial charge in [0.15, 0.2) is 0 Å². The molecule has 122 valence electrons. The molecule has 7 heteroatoms. The zero-order valence-corrected chi connectivity index (χ0v) is 14.5. The first-order valence-electron chi connectivity index (χ1n) is 8.00. The Morgan fingerprint density at radius 1 is 1.24 bits per heavy atom. The summed E-state index contributed by atoms with van der Waals surface area (Å²) in [4.78, 5) is 5.15. The van der Waals surface area contributed by atoms with Crippen molar-refractivity contribution in [3.63, 3.8) is 0 Å². The minimum Gasteiger partial charge on any atom is -0.301 e. The molecular weight excluding hydrogens is 306 g/mol. The van der Waals surface area contributed by atoms with Crippen molar-refractivity contribution in [1.29, 1.82) is 0 Å². The Labute approximate surface area is 132 Å². The third kappa shape index (κ3) is 4.34. The van der Waals surface area contributed by atoms with Gasteiger partial charge in [-0.2, -0.15) is 11.8 Å². The molecule has 4 atom stereocenters. The number of thioether (sulfide) groups is 1. The van der Waals surface area contributed by atoms with Crippen LogP contribution in [-0.4, -0.2) is 81.3 Å². The maximum Gasteiger partial charge on any atom is 0.208 e. The first kappa shape index (κ1) is 16.1. The van der Waals surface area contributed by atoms with Crippen molar-refractivity contribution >= 4 is 21.8 Å². The molecule has 1 N–H and O–H groups in total. The molecule has 4 heterocycles. The Hall–Kier alpha value is 0.180. The molecule has 4 rings (SSSR count). The number of rotatable bonds is 5. The fraction of sp³-hybridized carbons (Fsp3) is 1.00. The third-order valence-corrected chi connectivity index (χ3v) is 6.83. The molecule has 21 heavy (non-hydrogen) atoms. The van der Waals surface area contributed by atoms with Crippen LogP contribution in [0.4, 0.5) is 0 Å². The molecule has 0 amide bonds. The Morgan fingerprint density at radius 2 is 2.00 bits per heavy atom. The number of sulfonamides is 1. The molecule has 0 aromatic carbocycles. The highest BCUT2D eigenvalue weighted by Crippen LogP contribution is 2.36. The number of fused-ring (bicyclic) bond motifs is 3. The molecule has 0 aromatic rings. The van der Waals surface area contributed by atoms with Crippen molar-refractivity contribution in [1.82, 2.24) is 14.5 Å². The van der Waals surface area contributed by atoms with Crippen LogP contribution in [0.25, 0.3) is 0 Å². The number of piperidine rings is 3. The van der Waals surface area contributed by atoms with Gasteiger partial charge in [-0.25, -0.2) is 13.1 Å². The predicted molar refractivity (Wildman–Crippen MR) is 88.2 cm³/mol. The van der Waals surface area contributed by atoms with Crippen molar-refractivity contribution in [2.24, 2.45) is 11.8 Å². The number of hydrogen-bond donors (Lipinski definition) is 1. The van der Waals surface area contributed by atoms with Gasteiger partial charge in [-0.15, -0.1) is 0 Å². The van der Waals surface area contributed by atoms with E-state index in [1.807, 2.05) is 0 Å². The van der Waals surface area contributed by atoms with Gasteiger partial charge in [0.05, 0.1) is 6.26 Å². The molecule has 0 saturated carbocycles. The second-order valence-corrected chi connectivity index (χ2v) is 9.78. The fourth-order valence-corrected chi connectivity index (χ4v) is 5.51. The van der Waals surface area contributed by atoms with Crippen LogP contribution in [0.5, 0.6) is 0 Å². The summed E-state index contributed by atoms with van der Waals surface area (Å²) in [6.45, 7) is 6.62. The topological polar surface area (TPSA) is 52.7 Å². The summed E-state index contributed by atoms with van der Waals surface area (Å²) in [6.07, 6.45) is 3.71. The smallest absolute Gasteiger partial charge is 0.208 e. The predicted octanol–water partition coefficient (Wildman–Crippen LogP) is 0.295. The Morgan fingerprint density at radius 3 is 2.62 bits per heavy atom. The minimum absolute atomic E-state index is 0.409. The van der Waals surface area contributed by atoms with Crippen LogP contribution in [0.15, 0.2) is 0 Å². The van der Waals surface area contributed by atoms with Crippen LogP contribution in [0.2, 0.25) is 0 Å². The molecule has 4 aliphatic rings. The van der Waals surface area contributed by atoms with Crippen molar-refractivity contribution in [3.8, 4) is 0 Å². The van der Waals surface area contributed by atoms with Crippen molar-refractivity contribution in [2.75, 3.05) is 57.0 Å². The van der Waals surface area contributed by atoms with Gasteiger partial charge < -0.3 is 4.90 Å². The number of nitrogens with one attached hydrogen (secondary N) is 1. The lowest BCUT2D eigenvalue weighted by Gasteiger charge is -2.51. The SMILES string of the molecule is CS(=O)(=O)NCC1CC2CCN1CC2CN1CCSCC1. The van der Waals surface area contributed by atoms with E-state index in [-0.39, 0.29) is 0 Å². The van der Waals surface area contributed by atoms with E-state index in [2.05, 4.69) is 26.3 Å². The molecule has 0 spiro atoms. The summed E-state index contributed by atoms with van der Waals surface area (Å²) < 4.78 is 25.2. The molecule has 2 bridgehead atoms. The minimum atomic E-state index is -3.06. The maximum atomic E-state index is 11.3. The van der Waals surface area contributed by atoms with Gasteiger partial charge in [0.25, 0.3) is 0 Å². The second-order valence-electron chi connectivity index (χ2n) is 6.73. The third-order valence-electron chi connectivity index (χ3n) is 5.19. The zero-order chi connectivity index (χ0) is 14.9. The first-order valence-corrected chi connectivity index (χ1v) is 11.0. The zero-order valence-electron chi connectivity index (χ0n) is 12.8. The molecule has 4 fully saturated rings. The number of nitrogens with zero attached hydrogens (tertiary/aromatic N) is 2. The second kappa shape index (κ2) is 6.74. The van der Waals surface area contributed by atoms with Gasteiger partial charge in [0.2, 0.25) is 10.0 Å². The number of hydrogen-bond acceptors (Lipinski definition) is 5. The van der Waals surface area contributed by atoms with E-state index < -0.39 is 10.0 Å². The molecule has 4 saturated heterocycles. The monoisotopic (exact) mass is 333 g/mol. The van der Waals surface area contributed by atoms with E-state index >= 15 is 0 Å². The fourth-order valence-electron chi connectivity index (χ4n) is 4.03. The van der Waals surface area contributed by atoms with E-state index in [9.17, 15) is 8.42 Å². The summed E-state index contributed by atoms with van der Waals surface area (Å²) in [6, 6.07) is 0.409. The van der Waals surface area contributed by atoms with Crippen LogP contribution in [-0.2, 0) is 10.0 Å². The molecule has 5 nitrogen and oxygen atoms in total. The van der Waals surface area contributed by atoms with Gasteiger partial charge in [0.1, 0.15) is 0 Å². The van der Waals surface area contributed by atoms with E-state index in [0.717, 1.165) is 31.3 Å².